The minimum Gasteiger partial charge on any atom is -0.480 e. The third-order valence-electron chi connectivity index (χ3n) is 9.16. The van der Waals surface area contributed by atoms with Crippen molar-refractivity contribution in [1.29, 1.82) is 0 Å². The maximum atomic E-state index is 15.9. The number of carbonyl (C=O) groups excluding carboxylic acids is 3. The Morgan fingerprint density at radius 2 is 1.75 bits per heavy atom. The van der Waals surface area contributed by atoms with Crippen LogP contribution >= 0.6 is 11.8 Å². The number of fused-ring (bicyclic) bond motifs is 2. The van der Waals surface area contributed by atoms with E-state index in [1.54, 1.807) is 18.2 Å². The fourth-order valence-corrected chi connectivity index (χ4v) is 7.85. The van der Waals surface area contributed by atoms with Crippen molar-refractivity contribution in [1.82, 2.24) is 19.7 Å². The number of nitrogens with one attached hydrogen (secondary N) is 1. The number of hydrogen-bond donors (Lipinski definition) is 3. The van der Waals surface area contributed by atoms with E-state index in [-0.39, 0.29) is 22.6 Å². The molecule has 3 atom stereocenters. The molecule has 6 rings (SSSR count). The van der Waals surface area contributed by atoms with Gasteiger partial charge in [0, 0.05) is 43.7 Å². The summed E-state index contributed by atoms with van der Waals surface area (Å²) in [7, 11) is 1.86. The molecule has 3 aliphatic heterocycles. The number of amides is 2. The largest absolute Gasteiger partial charge is 0.480 e. The average Bonchev–Trinajstić information content (AvgIpc) is 3.11. The van der Waals surface area contributed by atoms with E-state index in [2.05, 4.69) is 5.32 Å². The van der Waals surface area contributed by atoms with Crippen LogP contribution in [0.1, 0.15) is 21.8 Å². The molecule has 14 nitrogen and oxygen atoms in total. The normalized spacial score (nSPS) is 19.6. The summed E-state index contributed by atoms with van der Waals surface area (Å²) < 4.78 is 51.2. The Kier molecular flexibility index (Phi) is 10.3. The molecule has 1 aromatic heterocycles. The van der Waals surface area contributed by atoms with Crippen LogP contribution in [0, 0.1) is 11.6 Å². The van der Waals surface area contributed by atoms with E-state index in [1.807, 2.05) is 11.9 Å². The number of alkyl halides is 1. The first kappa shape index (κ1) is 36.4. The summed E-state index contributed by atoms with van der Waals surface area (Å²) in [5.74, 6) is -9.96. The maximum Gasteiger partial charge on any atom is 0.352 e. The molecule has 52 heavy (non-hydrogen) atoms. The first-order valence-electron chi connectivity index (χ1n) is 16.0. The van der Waals surface area contributed by atoms with Gasteiger partial charge >= 0.3 is 17.9 Å². The highest BCUT2D eigenvalue weighted by Crippen LogP contribution is 2.41. The van der Waals surface area contributed by atoms with Crippen molar-refractivity contribution in [3.05, 3.63) is 86.8 Å². The summed E-state index contributed by atoms with van der Waals surface area (Å²) in [5.41, 5.74) is -2.92. The van der Waals surface area contributed by atoms with Crippen LogP contribution in [0.3, 0.4) is 0 Å². The van der Waals surface area contributed by atoms with E-state index in [1.165, 1.54) is 17.0 Å². The van der Waals surface area contributed by atoms with E-state index >= 15 is 8.78 Å². The van der Waals surface area contributed by atoms with Gasteiger partial charge in [-0.25, -0.2) is 22.8 Å². The minimum atomic E-state index is -1.63. The van der Waals surface area contributed by atoms with E-state index in [4.69, 9.17) is 4.74 Å². The third kappa shape index (κ3) is 6.58. The number of thioether (sulfide) groups is 1. The molecule has 18 heteroatoms. The number of ether oxygens (including phenoxy) is 1. The molecule has 274 valence electrons. The first-order valence-corrected chi connectivity index (χ1v) is 17.1. The first-order chi connectivity index (χ1) is 24.8. The van der Waals surface area contributed by atoms with E-state index in [0.717, 1.165) is 33.5 Å². The number of nitrogens with zero attached hydrogens (tertiary/aromatic N) is 4. The van der Waals surface area contributed by atoms with Crippen molar-refractivity contribution in [2.45, 2.75) is 23.9 Å². The Balaban J connectivity index is 1.22. The Labute approximate surface area is 297 Å². The van der Waals surface area contributed by atoms with Gasteiger partial charge < -0.3 is 34.6 Å². The topological polar surface area (TPSA) is 179 Å². The van der Waals surface area contributed by atoms with E-state index < -0.39 is 106 Å². The van der Waals surface area contributed by atoms with Crippen LogP contribution < -0.4 is 15.6 Å². The number of esters is 1. The van der Waals surface area contributed by atoms with Crippen LogP contribution in [0.2, 0.25) is 0 Å². The monoisotopic (exact) mass is 743 g/mol. The molecule has 0 spiro atoms. The van der Waals surface area contributed by atoms with Crippen molar-refractivity contribution in [3.63, 3.8) is 0 Å². The second-order valence-corrected chi connectivity index (χ2v) is 13.5. The lowest BCUT2D eigenvalue weighted by Crippen LogP contribution is -2.71. The predicted molar refractivity (Wildman–Crippen MR) is 181 cm³/mol. The second-order valence-electron chi connectivity index (χ2n) is 12.4. The van der Waals surface area contributed by atoms with Gasteiger partial charge in [-0.05, 0) is 18.7 Å². The van der Waals surface area contributed by atoms with Crippen LogP contribution in [0.25, 0.3) is 10.9 Å². The Morgan fingerprint density at radius 3 is 2.38 bits per heavy atom. The SMILES string of the molecule is CN1CCN(c2c(F)cc3c(=O)c(C(=O)OCC4=C(C(=O)O)N5C(=O)[C@H](NC(=O)C(C(=O)O)c6ccccc6)[C@@H]5SC4)cn(CCF)c3c2F)CC1. The molecule has 0 aliphatic carbocycles. The molecule has 2 amide bonds. The van der Waals surface area contributed by atoms with Gasteiger partial charge in [-0.1, -0.05) is 30.3 Å². The number of β-lactam (4-membered cyclic amide) rings is 1. The fourth-order valence-electron chi connectivity index (χ4n) is 6.52. The van der Waals surface area contributed by atoms with Gasteiger partial charge in [0.05, 0.1) is 17.4 Å². The van der Waals surface area contributed by atoms with Gasteiger partial charge in [-0.15, -0.1) is 11.8 Å². The van der Waals surface area contributed by atoms with Gasteiger partial charge in [-0.3, -0.25) is 24.1 Å². The molecular formula is C34H32F3N5O9S. The van der Waals surface area contributed by atoms with Crippen molar-refractivity contribution in [2.75, 3.05) is 57.2 Å². The number of piperazine rings is 1. The number of aromatic nitrogens is 1. The number of hydrogen-bond acceptors (Lipinski definition) is 10. The molecule has 0 bridgehead atoms. The average molecular weight is 744 g/mol. The van der Waals surface area contributed by atoms with Gasteiger partial charge in [0.15, 0.2) is 11.7 Å². The Bertz CT molecular complexity index is 2070. The van der Waals surface area contributed by atoms with Crippen LogP contribution in [0.4, 0.5) is 18.9 Å². The van der Waals surface area contributed by atoms with Crippen molar-refractivity contribution in [2.24, 2.45) is 0 Å². The van der Waals surface area contributed by atoms with Crippen LogP contribution in [-0.4, -0.2) is 118 Å². The van der Waals surface area contributed by atoms with Crippen molar-refractivity contribution >= 4 is 58.1 Å². The lowest BCUT2D eigenvalue weighted by molar-refractivity contribution is -0.152. The quantitative estimate of drug-likeness (QED) is 0.148. The Morgan fingerprint density at radius 1 is 1.06 bits per heavy atom. The Hall–Kier alpha value is -5.36. The molecule has 3 N–H and O–H groups in total. The van der Waals surface area contributed by atoms with Gasteiger partial charge in [0.25, 0.3) is 5.91 Å². The number of benzene rings is 2. The summed E-state index contributed by atoms with van der Waals surface area (Å²) >= 11 is 1.02. The lowest BCUT2D eigenvalue weighted by Gasteiger charge is -2.49. The number of carboxylic acids is 2. The molecule has 3 aliphatic rings. The highest BCUT2D eigenvalue weighted by Gasteiger charge is 2.55. The lowest BCUT2D eigenvalue weighted by atomic mass is 9.96. The zero-order valence-corrected chi connectivity index (χ0v) is 28.3. The van der Waals surface area contributed by atoms with Crippen LogP contribution in [-0.2, 0) is 30.5 Å². The number of aryl methyl sites for hydroxylation is 1. The summed E-state index contributed by atoms with van der Waals surface area (Å²) in [6.45, 7) is -0.540. The minimum absolute atomic E-state index is 0.0355. The van der Waals surface area contributed by atoms with Crippen molar-refractivity contribution in [3.8, 4) is 0 Å². The van der Waals surface area contributed by atoms with E-state index in [9.17, 15) is 43.4 Å². The number of halogens is 3. The van der Waals surface area contributed by atoms with Gasteiger partial charge in [-0.2, -0.15) is 0 Å². The molecule has 2 saturated heterocycles. The summed E-state index contributed by atoms with van der Waals surface area (Å²) in [5, 5.41) is 20.7. The highest BCUT2D eigenvalue weighted by atomic mass is 32.2. The number of rotatable bonds is 11. The molecule has 0 saturated carbocycles. The number of aliphatic carboxylic acids is 2. The summed E-state index contributed by atoms with van der Waals surface area (Å²) in [6, 6.07) is 7.17. The molecule has 0 radical (unpaired) electrons. The predicted octanol–water partition coefficient (Wildman–Crippen LogP) is 1.76. The second kappa shape index (κ2) is 14.7. The zero-order chi connectivity index (χ0) is 37.4. The molecule has 3 aromatic rings. The smallest absolute Gasteiger partial charge is 0.352 e. The summed E-state index contributed by atoms with van der Waals surface area (Å²) in [4.78, 5) is 81.4. The summed E-state index contributed by atoms with van der Waals surface area (Å²) in [6.07, 6.45) is 0.908. The van der Waals surface area contributed by atoms with Crippen LogP contribution in [0.5, 0.6) is 0 Å². The fraction of sp³-hybridized carbons (Fsp3) is 0.353. The van der Waals surface area contributed by atoms with Crippen molar-refractivity contribution < 1.29 is 52.1 Å². The number of anilines is 1. The molecular weight excluding hydrogens is 711 g/mol. The zero-order valence-electron chi connectivity index (χ0n) is 27.5. The van der Waals surface area contributed by atoms with E-state index in [0.29, 0.717) is 26.2 Å². The molecule has 1 unspecified atom stereocenters. The highest BCUT2D eigenvalue weighted by molar-refractivity contribution is 8.00. The molecule has 2 aromatic carbocycles. The molecule has 4 heterocycles. The number of carbonyl (C=O) groups is 5. The number of pyridine rings is 1. The third-order valence-corrected chi connectivity index (χ3v) is 10.5. The number of likely N-dealkylation sites (N-methyl/N-ethyl adjacent to an activating group) is 1. The standard InChI is InChI=1S/C34H32F3N5O9S/c1-39-9-11-40(12-10-39)27-21(36)13-19-26(23(27)37)41(8-7-35)14-20(28(19)43)34(50)51-15-18-16-52-31-24(30(45)42(31)25(18)33(48)49)38-29(44)22(32(46)47)17-5-3-2-4-6-17/h2-6,13-14,22,24,31H,7-12,15-16H2,1H3,(H,38,44)(H,46,47)(H,48,49)/t22?,24-,31-/m0/s1. The molecule has 2 fully saturated rings. The van der Waals surface area contributed by atoms with Gasteiger partial charge in [0.2, 0.25) is 11.3 Å². The van der Waals surface area contributed by atoms with Gasteiger partial charge in [0.1, 0.15) is 47.5 Å². The van der Waals surface area contributed by atoms with Crippen LogP contribution in [0.15, 0.2) is 58.7 Å². The number of carboxylic acid groups (broad SMARTS) is 2. The maximum absolute atomic E-state index is 15.9.